The van der Waals surface area contributed by atoms with Gasteiger partial charge in [0.15, 0.2) is 0 Å². The van der Waals surface area contributed by atoms with E-state index in [4.69, 9.17) is 11.6 Å². The number of hydrogen-bond acceptors (Lipinski definition) is 5. The first-order valence-corrected chi connectivity index (χ1v) is 11.3. The summed E-state index contributed by atoms with van der Waals surface area (Å²) in [5.74, 6) is 0.159. The molecule has 2 aromatic heterocycles. The Morgan fingerprint density at radius 1 is 1.33 bits per heavy atom. The highest BCUT2D eigenvalue weighted by Gasteiger charge is 2.25. The van der Waals surface area contributed by atoms with Crippen LogP contribution in [0.5, 0.6) is 0 Å². The summed E-state index contributed by atoms with van der Waals surface area (Å²) >= 11 is 7.39. The van der Waals surface area contributed by atoms with Crippen LogP contribution in [0.3, 0.4) is 0 Å². The second-order valence-corrected chi connectivity index (χ2v) is 8.91. The summed E-state index contributed by atoms with van der Waals surface area (Å²) in [6.45, 7) is 9.37. The maximum atomic E-state index is 13.3. The van der Waals surface area contributed by atoms with Crippen molar-refractivity contribution in [1.82, 2.24) is 9.97 Å². The molecule has 1 aliphatic heterocycles. The Morgan fingerprint density at radius 3 is 2.80 bits per heavy atom. The number of quaternary nitrogens is 1. The number of nitrogens with zero attached hydrogens (tertiary/aromatic N) is 3. The first-order valence-electron chi connectivity index (χ1n) is 10.1. The van der Waals surface area contributed by atoms with Crippen LogP contribution in [0.15, 0.2) is 24.5 Å². The number of rotatable bonds is 5. The summed E-state index contributed by atoms with van der Waals surface area (Å²) in [4.78, 5) is 27.1. The van der Waals surface area contributed by atoms with Crippen molar-refractivity contribution >= 4 is 50.6 Å². The zero-order valence-electron chi connectivity index (χ0n) is 17.0. The van der Waals surface area contributed by atoms with Crippen LogP contribution in [0.4, 0.5) is 15.9 Å². The highest BCUT2D eigenvalue weighted by atomic mass is 35.5. The second-order valence-electron chi connectivity index (χ2n) is 7.50. The highest BCUT2D eigenvalue weighted by molar-refractivity contribution is 7.20. The molecule has 6 nitrogen and oxygen atoms in total. The molecule has 30 heavy (non-hydrogen) atoms. The molecule has 0 unspecified atom stereocenters. The fraction of sp³-hybridized carbons (Fsp3) is 0.381. The molecule has 0 radical (unpaired) electrons. The van der Waals surface area contributed by atoms with Crippen molar-refractivity contribution in [3.8, 4) is 0 Å². The molecule has 0 saturated carbocycles. The summed E-state index contributed by atoms with van der Waals surface area (Å²) in [5.41, 5.74) is 1.23. The molecule has 0 spiro atoms. The number of benzene rings is 1. The van der Waals surface area contributed by atoms with Gasteiger partial charge in [0.2, 0.25) is 0 Å². The Morgan fingerprint density at radius 2 is 2.10 bits per heavy atom. The van der Waals surface area contributed by atoms with Gasteiger partial charge in [0, 0.05) is 0 Å². The fourth-order valence-electron chi connectivity index (χ4n) is 3.92. The van der Waals surface area contributed by atoms with E-state index in [2.05, 4.69) is 27.1 Å². The minimum Gasteiger partial charge on any atom is -0.345 e. The SMILES string of the molecule is CCC[NH+]1CCN(c2ncnc3sc(C(=O)Nc4ccc(F)cc4Cl)c(C)c23)CC1. The van der Waals surface area contributed by atoms with Crippen LogP contribution in [0, 0.1) is 12.7 Å². The average Bonchev–Trinajstić information content (AvgIpc) is 3.08. The van der Waals surface area contributed by atoms with E-state index in [1.165, 1.54) is 42.5 Å². The van der Waals surface area contributed by atoms with Crippen molar-refractivity contribution in [1.29, 1.82) is 0 Å². The van der Waals surface area contributed by atoms with Gasteiger partial charge in [-0.05, 0) is 37.1 Å². The summed E-state index contributed by atoms with van der Waals surface area (Å²) < 4.78 is 13.3. The minimum absolute atomic E-state index is 0.162. The number of nitrogens with one attached hydrogen (secondary N) is 2. The zero-order chi connectivity index (χ0) is 21.3. The van der Waals surface area contributed by atoms with Gasteiger partial charge in [-0.3, -0.25) is 4.79 Å². The van der Waals surface area contributed by atoms with Gasteiger partial charge in [-0.25, -0.2) is 14.4 Å². The van der Waals surface area contributed by atoms with E-state index in [0.717, 1.165) is 47.8 Å². The van der Waals surface area contributed by atoms with Crippen LogP contribution in [0.2, 0.25) is 5.02 Å². The number of hydrogen-bond donors (Lipinski definition) is 2. The second kappa shape index (κ2) is 8.83. The number of amides is 1. The number of piperazine rings is 1. The third-order valence-electron chi connectivity index (χ3n) is 5.47. The molecular weight excluding hydrogens is 425 g/mol. The molecular formula is C21H24ClFN5OS+. The molecule has 1 fully saturated rings. The quantitative estimate of drug-likeness (QED) is 0.629. The predicted octanol–water partition coefficient (Wildman–Crippen LogP) is 3.16. The van der Waals surface area contributed by atoms with Gasteiger partial charge in [0.1, 0.15) is 22.8 Å². The van der Waals surface area contributed by atoms with E-state index in [1.807, 2.05) is 6.92 Å². The third kappa shape index (κ3) is 4.12. The van der Waals surface area contributed by atoms with E-state index in [0.29, 0.717) is 10.6 Å². The van der Waals surface area contributed by atoms with Gasteiger partial charge in [0.25, 0.3) is 5.91 Å². The molecule has 9 heteroatoms. The maximum absolute atomic E-state index is 13.3. The monoisotopic (exact) mass is 448 g/mol. The van der Waals surface area contributed by atoms with Crippen molar-refractivity contribution in [3.63, 3.8) is 0 Å². The van der Waals surface area contributed by atoms with Crippen molar-refractivity contribution < 1.29 is 14.1 Å². The molecule has 1 amide bonds. The van der Waals surface area contributed by atoms with Gasteiger partial charge >= 0.3 is 0 Å². The van der Waals surface area contributed by atoms with Crippen LogP contribution < -0.4 is 15.1 Å². The lowest BCUT2D eigenvalue weighted by Crippen LogP contribution is -3.14. The van der Waals surface area contributed by atoms with Crippen LogP contribution in [0.1, 0.15) is 28.6 Å². The van der Waals surface area contributed by atoms with E-state index >= 15 is 0 Å². The van der Waals surface area contributed by atoms with Crippen molar-refractivity contribution in [2.45, 2.75) is 20.3 Å². The van der Waals surface area contributed by atoms with Crippen molar-refractivity contribution in [2.75, 3.05) is 42.9 Å². The van der Waals surface area contributed by atoms with Crippen LogP contribution in [-0.4, -0.2) is 48.6 Å². The number of aromatic nitrogens is 2. The molecule has 158 valence electrons. The standard InChI is InChI=1S/C21H23ClFN5OS/c1-3-6-27-7-9-28(10-8-27)19-17-13(2)18(30-21(17)25-12-24-19)20(29)26-16-5-4-14(23)11-15(16)22/h4-5,11-12H,3,6-10H2,1-2H3,(H,26,29)/p+1. The Bertz CT molecular complexity index is 1080. The van der Waals surface area contributed by atoms with E-state index < -0.39 is 5.82 Å². The zero-order valence-corrected chi connectivity index (χ0v) is 18.5. The lowest BCUT2D eigenvalue weighted by molar-refractivity contribution is -0.900. The predicted molar refractivity (Wildman–Crippen MR) is 120 cm³/mol. The van der Waals surface area contributed by atoms with Gasteiger partial charge in [-0.1, -0.05) is 18.5 Å². The first kappa shape index (κ1) is 21.0. The number of halogens is 2. The number of anilines is 2. The number of aryl methyl sites for hydroxylation is 1. The smallest absolute Gasteiger partial charge is 0.266 e. The van der Waals surface area contributed by atoms with Gasteiger partial charge in [-0.15, -0.1) is 11.3 Å². The van der Waals surface area contributed by atoms with Gasteiger partial charge in [0.05, 0.1) is 53.7 Å². The van der Waals surface area contributed by atoms with Crippen LogP contribution >= 0.6 is 22.9 Å². The van der Waals surface area contributed by atoms with Crippen molar-refractivity contribution in [3.05, 3.63) is 45.8 Å². The molecule has 0 aliphatic carbocycles. The minimum atomic E-state index is -0.447. The van der Waals surface area contributed by atoms with Crippen LogP contribution in [-0.2, 0) is 0 Å². The van der Waals surface area contributed by atoms with Crippen molar-refractivity contribution in [2.24, 2.45) is 0 Å². The number of carbonyl (C=O) groups is 1. The average molecular weight is 449 g/mol. The largest absolute Gasteiger partial charge is 0.345 e. The maximum Gasteiger partial charge on any atom is 0.266 e. The molecule has 1 saturated heterocycles. The topological polar surface area (TPSA) is 62.6 Å². The number of thiophene rings is 1. The first-order chi connectivity index (χ1) is 14.5. The Balaban J connectivity index is 1.61. The van der Waals surface area contributed by atoms with E-state index in [9.17, 15) is 9.18 Å². The molecule has 4 rings (SSSR count). The van der Waals surface area contributed by atoms with Gasteiger partial charge < -0.3 is 15.1 Å². The molecule has 2 N–H and O–H groups in total. The lowest BCUT2D eigenvalue weighted by Gasteiger charge is -2.33. The van der Waals surface area contributed by atoms with E-state index in [-0.39, 0.29) is 10.9 Å². The van der Waals surface area contributed by atoms with E-state index in [1.54, 1.807) is 11.2 Å². The lowest BCUT2D eigenvalue weighted by atomic mass is 10.1. The molecule has 0 bridgehead atoms. The normalized spacial score (nSPS) is 15.0. The Labute approximate surface area is 183 Å². The van der Waals surface area contributed by atoms with Gasteiger partial charge in [-0.2, -0.15) is 0 Å². The highest BCUT2D eigenvalue weighted by Crippen LogP contribution is 2.35. The molecule has 3 aromatic rings. The summed E-state index contributed by atoms with van der Waals surface area (Å²) in [7, 11) is 0. The fourth-order valence-corrected chi connectivity index (χ4v) is 5.17. The third-order valence-corrected chi connectivity index (χ3v) is 6.98. The summed E-state index contributed by atoms with van der Waals surface area (Å²) in [6.07, 6.45) is 2.75. The molecule has 1 aromatic carbocycles. The number of fused-ring (bicyclic) bond motifs is 1. The van der Waals surface area contributed by atoms with Crippen LogP contribution in [0.25, 0.3) is 10.2 Å². The summed E-state index contributed by atoms with van der Waals surface area (Å²) in [5, 5.41) is 3.87. The Kier molecular flexibility index (Phi) is 6.17. The molecule has 3 heterocycles. The summed E-state index contributed by atoms with van der Waals surface area (Å²) in [6, 6.07) is 3.91. The molecule has 1 aliphatic rings. The molecule has 0 atom stereocenters. The number of carbonyl (C=O) groups excluding carboxylic acids is 1. The Hall–Kier alpha value is -2.29.